The number of hydrogen-bond donors (Lipinski definition) is 2. The lowest BCUT2D eigenvalue weighted by Gasteiger charge is -2.11. The molecule has 0 aliphatic rings. The summed E-state index contributed by atoms with van der Waals surface area (Å²) in [6, 6.07) is 14.6. The maximum absolute atomic E-state index is 11.4. The van der Waals surface area contributed by atoms with Gasteiger partial charge in [-0.1, -0.05) is 41.6 Å². The van der Waals surface area contributed by atoms with Gasteiger partial charge in [0.15, 0.2) is 5.82 Å². The van der Waals surface area contributed by atoms with E-state index in [1.54, 1.807) is 0 Å². The highest BCUT2D eigenvalue weighted by Gasteiger charge is 2.20. The van der Waals surface area contributed by atoms with Crippen LogP contribution >= 0.6 is 11.3 Å². The van der Waals surface area contributed by atoms with Gasteiger partial charge >= 0.3 is 5.76 Å². The minimum absolute atomic E-state index is 0.273. The molecule has 0 aliphatic carbocycles. The molecule has 0 unspecified atom stereocenters. The van der Waals surface area contributed by atoms with Gasteiger partial charge in [-0.2, -0.15) is 4.98 Å². The van der Waals surface area contributed by atoms with E-state index in [0.717, 1.165) is 13.0 Å². The number of fused-ring (bicyclic) bond motifs is 1. The predicted molar refractivity (Wildman–Crippen MR) is 131 cm³/mol. The molecule has 0 saturated heterocycles. The molecule has 0 spiro atoms. The van der Waals surface area contributed by atoms with Crippen molar-refractivity contribution in [1.29, 1.82) is 0 Å². The standard InChI is InChI=1S/C24H22N6O3S/c1-3-32-22-20(21-28-24(31)33-30-21)34-23(29-22)18-12-19(27-13-26-18)25-11-10-15-8-9-16-6-4-5-7-17(16)14(15)2/h4-9,12-13H,3,10-11H2,1-2H3,(H,25,26,27)(H,28,30,31). The minimum Gasteiger partial charge on any atom is -0.477 e. The summed E-state index contributed by atoms with van der Waals surface area (Å²) in [6.45, 7) is 5.17. The molecule has 5 rings (SSSR count). The molecule has 0 aliphatic heterocycles. The highest BCUT2D eigenvalue weighted by molar-refractivity contribution is 7.18. The van der Waals surface area contributed by atoms with Gasteiger partial charge in [0.1, 0.15) is 27.7 Å². The Hall–Kier alpha value is -4.05. The molecule has 0 radical (unpaired) electrons. The third-order valence-corrected chi connectivity index (χ3v) is 6.50. The van der Waals surface area contributed by atoms with Crippen LogP contribution in [0, 0.1) is 6.92 Å². The zero-order valence-corrected chi connectivity index (χ0v) is 19.5. The molecule has 3 heterocycles. The van der Waals surface area contributed by atoms with E-state index in [9.17, 15) is 4.79 Å². The summed E-state index contributed by atoms with van der Waals surface area (Å²) in [6.07, 6.45) is 2.36. The molecule has 2 N–H and O–H groups in total. The molecule has 34 heavy (non-hydrogen) atoms. The lowest BCUT2D eigenvalue weighted by Crippen LogP contribution is -2.07. The number of nitrogens with one attached hydrogen (secondary N) is 2. The fraction of sp³-hybridized carbons (Fsp3) is 0.208. The largest absolute Gasteiger partial charge is 0.477 e. The fourth-order valence-corrected chi connectivity index (χ4v) is 4.68. The van der Waals surface area contributed by atoms with Crippen LogP contribution in [-0.2, 0) is 6.42 Å². The van der Waals surface area contributed by atoms with Crippen LogP contribution in [0.3, 0.4) is 0 Å². The SMILES string of the molecule is CCOc1nc(-c2cc(NCCc3ccc4ccccc4c3C)ncn2)sc1-c1noc(=O)[nH]1. The van der Waals surface area contributed by atoms with Crippen LogP contribution in [0.25, 0.3) is 32.2 Å². The highest BCUT2D eigenvalue weighted by atomic mass is 32.1. The van der Waals surface area contributed by atoms with E-state index in [4.69, 9.17) is 4.74 Å². The number of nitrogens with zero attached hydrogens (tertiary/aromatic N) is 4. The van der Waals surface area contributed by atoms with Gasteiger partial charge in [0.2, 0.25) is 5.88 Å². The molecule has 9 nitrogen and oxygen atoms in total. The molecular formula is C24H22N6O3S. The molecule has 172 valence electrons. The predicted octanol–water partition coefficient (Wildman–Crippen LogP) is 4.46. The van der Waals surface area contributed by atoms with E-state index in [-0.39, 0.29) is 5.82 Å². The number of thiazole rings is 1. The number of anilines is 1. The normalized spacial score (nSPS) is 11.1. The average molecular weight is 475 g/mol. The van der Waals surface area contributed by atoms with Crippen molar-refractivity contribution in [3.63, 3.8) is 0 Å². The Labute approximate surface area is 198 Å². The van der Waals surface area contributed by atoms with Crippen molar-refractivity contribution in [3.8, 4) is 27.3 Å². The van der Waals surface area contributed by atoms with Gasteiger partial charge in [0, 0.05) is 12.6 Å². The second-order valence-corrected chi connectivity index (χ2v) is 8.57. The molecule has 0 atom stereocenters. The van der Waals surface area contributed by atoms with Gasteiger partial charge in [0.05, 0.1) is 6.61 Å². The smallest absolute Gasteiger partial charge is 0.439 e. The summed E-state index contributed by atoms with van der Waals surface area (Å²) in [5, 5.41) is 10.3. The zero-order valence-electron chi connectivity index (χ0n) is 18.7. The number of ether oxygens (including phenoxy) is 1. The van der Waals surface area contributed by atoms with Crippen molar-refractivity contribution in [2.24, 2.45) is 0 Å². The third-order valence-electron chi connectivity index (χ3n) is 5.43. The summed E-state index contributed by atoms with van der Waals surface area (Å²) < 4.78 is 10.3. The molecule has 0 amide bonds. The van der Waals surface area contributed by atoms with Crippen molar-refractivity contribution >= 4 is 27.9 Å². The number of hydrogen-bond acceptors (Lipinski definition) is 9. The second-order valence-electron chi connectivity index (χ2n) is 7.57. The van der Waals surface area contributed by atoms with Crippen LogP contribution in [0.15, 0.2) is 58.1 Å². The molecule has 0 fully saturated rings. The van der Waals surface area contributed by atoms with E-state index in [1.807, 2.05) is 13.0 Å². The summed E-state index contributed by atoms with van der Waals surface area (Å²) >= 11 is 1.30. The summed E-state index contributed by atoms with van der Waals surface area (Å²) in [4.78, 5) is 27.7. The number of aryl methyl sites for hydroxylation is 1. The van der Waals surface area contributed by atoms with Crippen molar-refractivity contribution < 1.29 is 9.26 Å². The number of H-pyrrole nitrogens is 1. The summed E-state index contributed by atoms with van der Waals surface area (Å²) in [5.41, 5.74) is 3.24. The van der Waals surface area contributed by atoms with E-state index in [1.165, 1.54) is 39.6 Å². The van der Waals surface area contributed by atoms with E-state index in [0.29, 0.717) is 33.9 Å². The topological polar surface area (TPSA) is 119 Å². The van der Waals surface area contributed by atoms with Crippen LogP contribution in [0.5, 0.6) is 5.88 Å². The van der Waals surface area contributed by atoms with Gasteiger partial charge in [-0.15, -0.1) is 11.3 Å². The van der Waals surface area contributed by atoms with Crippen LogP contribution in [-0.4, -0.2) is 38.2 Å². The highest BCUT2D eigenvalue weighted by Crippen LogP contribution is 2.37. The average Bonchev–Trinajstić information content (AvgIpc) is 3.47. The Morgan fingerprint density at radius 3 is 2.88 bits per heavy atom. The molecule has 0 saturated carbocycles. The first-order valence-corrected chi connectivity index (χ1v) is 11.7. The fourth-order valence-electron chi connectivity index (χ4n) is 3.77. The van der Waals surface area contributed by atoms with Crippen LogP contribution in [0.1, 0.15) is 18.1 Å². The number of rotatable bonds is 8. The van der Waals surface area contributed by atoms with Crippen molar-refractivity contribution in [1.82, 2.24) is 25.1 Å². The molecular weight excluding hydrogens is 452 g/mol. The second kappa shape index (κ2) is 9.44. The van der Waals surface area contributed by atoms with Gasteiger partial charge in [-0.05, 0) is 42.2 Å². The Kier molecular flexibility index (Phi) is 6.05. The van der Waals surface area contributed by atoms with Gasteiger partial charge in [0.25, 0.3) is 0 Å². The van der Waals surface area contributed by atoms with Crippen molar-refractivity contribution in [2.45, 2.75) is 20.3 Å². The molecule has 3 aromatic heterocycles. The quantitative estimate of drug-likeness (QED) is 0.338. The van der Waals surface area contributed by atoms with Gasteiger partial charge in [-0.3, -0.25) is 9.51 Å². The van der Waals surface area contributed by atoms with Crippen LogP contribution < -0.4 is 15.8 Å². The number of aromatic nitrogens is 5. The monoisotopic (exact) mass is 474 g/mol. The maximum Gasteiger partial charge on any atom is 0.439 e. The maximum atomic E-state index is 11.4. The van der Waals surface area contributed by atoms with Crippen molar-refractivity contribution in [3.05, 3.63) is 70.5 Å². The number of aromatic amines is 1. The Bertz CT molecular complexity index is 1510. The first-order chi connectivity index (χ1) is 16.6. The zero-order chi connectivity index (χ0) is 23.5. The Morgan fingerprint density at radius 1 is 1.18 bits per heavy atom. The van der Waals surface area contributed by atoms with E-state index >= 15 is 0 Å². The lowest BCUT2D eigenvalue weighted by atomic mass is 9.98. The van der Waals surface area contributed by atoms with E-state index in [2.05, 4.69) is 78.3 Å². The molecule has 0 bridgehead atoms. The number of benzene rings is 2. The Balaban J connectivity index is 1.33. The van der Waals surface area contributed by atoms with E-state index < -0.39 is 5.76 Å². The molecule has 10 heteroatoms. The lowest BCUT2D eigenvalue weighted by molar-refractivity contribution is 0.330. The van der Waals surface area contributed by atoms with Crippen LogP contribution in [0.2, 0.25) is 0 Å². The third kappa shape index (κ3) is 4.40. The molecule has 5 aromatic rings. The summed E-state index contributed by atoms with van der Waals surface area (Å²) in [7, 11) is 0. The van der Waals surface area contributed by atoms with Gasteiger partial charge < -0.3 is 10.1 Å². The first kappa shape index (κ1) is 21.8. The first-order valence-electron chi connectivity index (χ1n) is 10.9. The summed E-state index contributed by atoms with van der Waals surface area (Å²) in [5.74, 6) is 0.706. The van der Waals surface area contributed by atoms with Crippen molar-refractivity contribution in [2.75, 3.05) is 18.5 Å². The minimum atomic E-state index is -0.637. The Morgan fingerprint density at radius 2 is 2.06 bits per heavy atom. The van der Waals surface area contributed by atoms with Crippen LogP contribution in [0.4, 0.5) is 5.82 Å². The molecule has 2 aromatic carbocycles. The van der Waals surface area contributed by atoms with Gasteiger partial charge in [-0.25, -0.2) is 14.8 Å².